The van der Waals surface area contributed by atoms with Crippen LogP contribution < -0.4 is 4.31 Å². The fourth-order valence-electron chi connectivity index (χ4n) is 1.96. The van der Waals surface area contributed by atoms with E-state index in [9.17, 15) is 13.2 Å². The summed E-state index contributed by atoms with van der Waals surface area (Å²) < 4.78 is 27.8. The van der Waals surface area contributed by atoms with Crippen molar-refractivity contribution >= 4 is 55.1 Å². The van der Waals surface area contributed by atoms with Crippen molar-refractivity contribution in [2.45, 2.75) is 17.9 Å². The van der Waals surface area contributed by atoms with E-state index in [1.807, 2.05) is 0 Å². The first-order chi connectivity index (χ1) is 10.3. The second-order valence-corrected chi connectivity index (χ2v) is 8.00. The van der Waals surface area contributed by atoms with Crippen LogP contribution in [0.3, 0.4) is 0 Å². The molecule has 0 saturated carbocycles. The van der Waals surface area contributed by atoms with E-state index in [-0.39, 0.29) is 4.90 Å². The van der Waals surface area contributed by atoms with Gasteiger partial charge >= 0.3 is 0 Å². The Hall–Kier alpha value is -1.12. The first kappa shape index (κ1) is 17.2. The van der Waals surface area contributed by atoms with Gasteiger partial charge < -0.3 is 0 Å². The van der Waals surface area contributed by atoms with E-state index in [0.717, 1.165) is 7.88 Å². The molecule has 2 aromatic carbocycles. The molecule has 2 rings (SSSR count). The molecular weight excluding hydrogens is 437 g/mol. The zero-order valence-electron chi connectivity index (χ0n) is 11.6. The van der Waals surface area contributed by atoms with Crippen molar-refractivity contribution in [2.24, 2.45) is 0 Å². The van der Waals surface area contributed by atoms with Gasteiger partial charge in [-0.25, -0.2) is 8.42 Å². The molecular formula is C15H13ClINO3S. The maximum atomic E-state index is 12.9. The van der Waals surface area contributed by atoms with E-state index in [2.05, 4.69) is 22.6 Å². The highest BCUT2D eigenvalue weighted by molar-refractivity contribution is 14.1. The van der Waals surface area contributed by atoms with Crippen LogP contribution in [0.5, 0.6) is 0 Å². The zero-order valence-corrected chi connectivity index (χ0v) is 15.3. The van der Waals surface area contributed by atoms with Crippen molar-refractivity contribution in [3.8, 4) is 0 Å². The predicted octanol–water partition coefficient (Wildman–Crippen LogP) is 3.64. The molecule has 0 N–H and O–H groups in total. The van der Waals surface area contributed by atoms with Crippen LogP contribution in [0, 0.1) is 3.57 Å². The molecule has 22 heavy (non-hydrogen) atoms. The predicted molar refractivity (Wildman–Crippen MR) is 95.6 cm³/mol. The van der Waals surface area contributed by atoms with Crippen molar-refractivity contribution in [1.82, 2.24) is 0 Å². The number of benzene rings is 2. The van der Waals surface area contributed by atoms with Crippen LogP contribution in [0.25, 0.3) is 0 Å². The van der Waals surface area contributed by atoms with Gasteiger partial charge in [0.2, 0.25) is 5.24 Å². The van der Waals surface area contributed by atoms with Gasteiger partial charge in [-0.3, -0.25) is 9.10 Å². The minimum Gasteiger partial charge on any atom is -0.279 e. The van der Waals surface area contributed by atoms with Crippen LogP contribution in [0.15, 0.2) is 59.5 Å². The average Bonchev–Trinajstić information content (AvgIpc) is 2.50. The molecule has 116 valence electrons. The van der Waals surface area contributed by atoms with Gasteiger partial charge in [-0.05, 0) is 77.5 Å². The number of sulfonamides is 1. The van der Waals surface area contributed by atoms with E-state index in [4.69, 9.17) is 11.6 Å². The summed E-state index contributed by atoms with van der Waals surface area (Å²) in [7, 11) is -3.89. The van der Waals surface area contributed by atoms with E-state index < -0.39 is 21.3 Å². The molecule has 0 heterocycles. The first-order valence-corrected chi connectivity index (χ1v) is 9.28. The van der Waals surface area contributed by atoms with Crippen molar-refractivity contribution in [3.63, 3.8) is 0 Å². The van der Waals surface area contributed by atoms with E-state index in [1.165, 1.54) is 19.1 Å². The maximum Gasteiger partial charge on any atom is 0.265 e. The molecule has 0 fully saturated rings. The summed E-state index contributed by atoms with van der Waals surface area (Å²) in [4.78, 5) is 11.7. The van der Waals surface area contributed by atoms with Gasteiger partial charge in [-0.2, -0.15) is 0 Å². The third kappa shape index (κ3) is 3.61. The minimum absolute atomic E-state index is 0.110. The Balaban J connectivity index is 2.59. The second kappa shape index (κ2) is 6.97. The van der Waals surface area contributed by atoms with Crippen LogP contribution in [0.1, 0.15) is 6.92 Å². The molecule has 0 bridgehead atoms. The van der Waals surface area contributed by atoms with Crippen LogP contribution in [-0.4, -0.2) is 19.7 Å². The van der Waals surface area contributed by atoms with E-state index >= 15 is 0 Å². The lowest BCUT2D eigenvalue weighted by molar-refractivity contribution is -0.112. The maximum absolute atomic E-state index is 12.9. The average molecular weight is 450 g/mol. The highest BCUT2D eigenvalue weighted by atomic mass is 127. The Morgan fingerprint density at radius 2 is 1.64 bits per heavy atom. The Labute approximate surface area is 148 Å². The summed E-state index contributed by atoms with van der Waals surface area (Å²) in [6, 6.07) is 13.8. The Morgan fingerprint density at radius 3 is 2.14 bits per heavy atom. The Morgan fingerprint density at radius 1 is 1.09 bits per heavy atom. The van der Waals surface area contributed by atoms with Gasteiger partial charge in [0.15, 0.2) is 0 Å². The highest BCUT2D eigenvalue weighted by Gasteiger charge is 2.32. The highest BCUT2D eigenvalue weighted by Crippen LogP contribution is 2.27. The molecule has 1 atom stereocenters. The number of hydrogen-bond donors (Lipinski definition) is 0. The number of carbonyl (C=O) groups excluding carboxylic acids is 1. The molecule has 0 aromatic heterocycles. The Bertz CT molecular complexity index is 763. The van der Waals surface area contributed by atoms with Crippen molar-refractivity contribution < 1.29 is 13.2 Å². The number of rotatable bonds is 5. The molecule has 0 amide bonds. The third-order valence-corrected chi connectivity index (χ3v) is 6.01. The molecule has 7 heteroatoms. The van der Waals surface area contributed by atoms with Crippen molar-refractivity contribution in [2.75, 3.05) is 4.31 Å². The van der Waals surface area contributed by atoms with Crippen molar-refractivity contribution in [1.29, 1.82) is 0 Å². The fraction of sp³-hybridized carbons (Fsp3) is 0.133. The summed E-state index contributed by atoms with van der Waals surface area (Å²) in [5.41, 5.74) is 0.394. The van der Waals surface area contributed by atoms with Gasteiger partial charge in [0.05, 0.1) is 10.6 Å². The number of hydrogen-bond acceptors (Lipinski definition) is 3. The van der Waals surface area contributed by atoms with E-state index in [1.54, 1.807) is 42.5 Å². The third-order valence-electron chi connectivity index (χ3n) is 3.06. The number of carbonyl (C=O) groups is 1. The summed E-state index contributed by atoms with van der Waals surface area (Å²) in [6.45, 7) is 1.47. The van der Waals surface area contributed by atoms with Gasteiger partial charge in [0, 0.05) is 3.57 Å². The lowest BCUT2D eigenvalue weighted by Gasteiger charge is -2.28. The molecule has 4 nitrogen and oxygen atoms in total. The lowest BCUT2D eigenvalue weighted by Crippen LogP contribution is -2.42. The number of anilines is 1. The van der Waals surface area contributed by atoms with Gasteiger partial charge in [-0.1, -0.05) is 18.2 Å². The second-order valence-electron chi connectivity index (χ2n) is 4.57. The smallest absolute Gasteiger partial charge is 0.265 e. The molecule has 0 aliphatic heterocycles. The van der Waals surface area contributed by atoms with E-state index in [0.29, 0.717) is 5.69 Å². The summed E-state index contributed by atoms with van der Waals surface area (Å²) in [6.07, 6.45) is 0. The van der Waals surface area contributed by atoms with Gasteiger partial charge in [-0.15, -0.1) is 0 Å². The summed E-state index contributed by atoms with van der Waals surface area (Å²) in [5.74, 6) is 0. The topological polar surface area (TPSA) is 54.5 Å². The fourth-order valence-corrected chi connectivity index (χ4v) is 4.11. The molecule has 0 aliphatic carbocycles. The summed E-state index contributed by atoms with van der Waals surface area (Å²) >= 11 is 7.67. The molecule has 0 radical (unpaired) electrons. The van der Waals surface area contributed by atoms with Crippen LogP contribution in [0.2, 0.25) is 0 Å². The Kier molecular flexibility index (Phi) is 5.46. The minimum atomic E-state index is -3.89. The monoisotopic (exact) mass is 449 g/mol. The largest absolute Gasteiger partial charge is 0.279 e. The SMILES string of the molecule is CC(C(=O)Cl)N(c1ccc(I)cc1)S(=O)(=O)c1ccccc1. The molecule has 1 unspecified atom stereocenters. The van der Waals surface area contributed by atoms with Crippen LogP contribution >= 0.6 is 34.2 Å². The number of nitrogens with zero attached hydrogens (tertiary/aromatic N) is 1. The van der Waals surface area contributed by atoms with Gasteiger partial charge in [0.25, 0.3) is 10.0 Å². The first-order valence-electron chi connectivity index (χ1n) is 6.38. The van der Waals surface area contributed by atoms with Crippen LogP contribution in [0.4, 0.5) is 5.69 Å². The molecule has 2 aromatic rings. The molecule has 0 saturated heterocycles. The van der Waals surface area contributed by atoms with Gasteiger partial charge in [0.1, 0.15) is 6.04 Å². The van der Waals surface area contributed by atoms with Crippen molar-refractivity contribution in [3.05, 3.63) is 58.2 Å². The zero-order chi connectivity index (χ0) is 16.3. The van der Waals surface area contributed by atoms with Crippen LogP contribution in [-0.2, 0) is 14.8 Å². The summed E-state index contributed by atoms with van der Waals surface area (Å²) in [5, 5.41) is -0.738. The number of halogens is 2. The molecule has 0 spiro atoms. The lowest BCUT2D eigenvalue weighted by atomic mass is 10.3. The standard InChI is InChI=1S/C15H13ClINO3S/c1-11(15(16)19)18(13-9-7-12(17)8-10-13)22(20,21)14-5-3-2-4-6-14/h2-11H,1H3. The quantitative estimate of drug-likeness (QED) is 0.517. The molecule has 0 aliphatic rings. The normalized spacial score (nSPS) is 12.7.